The highest BCUT2D eigenvalue weighted by atomic mass is 79.9. The van der Waals surface area contributed by atoms with Gasteiger partial charge in [0.2, 0.25) is 5.91 Å². The summed E-state index contributed by atoms with van der Waals surface area (Å²) < 4.78 is 6.68. The molecule has 1 aromatic rings. The molecule has 0 aliphatic heterocycles. The third-order valence-electron chi connectivity index (χ3n) is 2.76. The van der Waals surface area contributed by atoms with Crippen molar-refractivity contribution in [1.82, 2.24) is 4.90 Å². The Morgan fingerprint density at radius 3 is 2.74 bits per heavy atom. The van der Waals surface area contributed by atoms with Crippen molar-refractivity contribution in [2.45, 2.75) is 25.8 Å². The summed E-state index contributed by atoms with van der Waals surface area (Å²) in [4.78, 5) is 13.0. The van der Waals surface area contributed by atoms with Gasteiger partial charge in [0.1, 0.15) is 5.75 Å². The van der Waals surface area contributed by atoms with Gasteiger partial charge < -0.3 is 15.4 Å². The zero-order valence-corrected chi connectivity index (χ0v) is 13.2. The van der Waals surface area contributed by atoms with E-state index in [0.29, 0.717) is 19.4 Å². The van der Waals surface area contributed by atoms with E-state index < -0.39 is 0 Å². The van der Waals surface area contributed by atoms with Crippen molar-refractivity contribution in [1.29, 1.82) is 0 Å². The molecule has 106 valence electrons. The fourth-order valence-electron chi connectivity index (χ4n) is 1.64. The highest BCUT2D eigenvalue weighted by Gasteiger charge is 2.09. The molecule has 0 aliphatic rings. The van der Waals surface area contributed by atoms with Gasteiger partial charge in [0.15, 0.2) is 0 Å². The quantitative estimate of drug-likeness (QED) is 0.817. The highest BCUT2D eigenvalue weighted by Crippen LogP contribution is 2.27. The summed E-state index contributed by atoms with van der Waals surface area (Å²) in [7, 11) is 3.51. The maximum Gasteiger partial charge on any atom is 0.222 e. The summed E-state index contributed by atoms with van der Waals surface area (Å²) in [5.41, 5.74) is 6.87. The molecule has 0 fully saturated rings. The zero-order chi connectivity index (χ0) is 14.4. The number of amides is 1. The van der Waals surface area contributed by atoms with Crippen LogP contribution in [0, 0.1) is 0 Å². The Morgan fingerprint density at radius 2 is 2.16 bits per heavy atom. The molecule has 0 saturated carbocycles. The number of carbonyl (C=O) groups is 1. The first-order valence-electron chi connectivity index (χ1n) is 6.29. The van der Waals surface area contributed by atoms with Gasteiger partial charge in [-0.1, -0.05) is 22.0 Å². The number of nitrogens with zero attached hydrogens (tertiary/aromatic N) is 1. The van der Waals surface area contributed by atoms with Crippen molar-refractivity contribution in [3.63, 3.8) is 0 Å². The summed E-state index contributed by atoms with van der Waals surface area (Å²) in [6.07, 6.45) is 1.19. The van der Waals surface area contributed by atoms with Crippen molar-refractivity contribution in [2.24, 2.45) is 5.73 Å². The van der Waals surface area contributed by atoms with Crippen molar-refractivity contribution in [2.75, 3.05) is 20.7 Å². The van der Waals surface area contributed by atoms with Gasteiger partial charge >= 0.3 is 0 Å². The molecule has 1 atom stereocenters. The lowest BCUT2D eigenvalue weighted by atomic mass is 10.1. The molecular weight excluding hydrogens is 308 g/mol. The van der Waals surface area contributed by atoms with Gasteiger partial charge in [-0.3, -0.25) is 4.79 Å². The second-order valence-electron chi connectivity index (χ2n) is 4.71. The van der Waals surface area contributed by atoms with Gasteiger partial charge in [0.25, 0.3) is 0 Å². The smallest absolute Gasteiger partial charge is 0.222 e. The van der Waals surface area contributed by atoms with E-state index in [1.54, 1.807) is 19.0 Å². The van der Waals surface area contributed by atoms with Crippen molar-refractivity contribution in [3.05, 3.63) is 28.2 Å². The maximum atomic E-state index is 11.4. The van der Waals surface area contributed by atoms with Gasteiger partial charge in [-0.05, 0) is 25.5 Å². The van der Waals surface area contributed by atoms with Crippen molar-refractivity contribution in [3.8, 4) is 5.75 Å². The summed E-state index contributed by atoms with van der Waals surface area (Å²) in [6, 6.07) is 5.73. The van der Waals surface area contributed by atoms with Gasteiger partial charge in [-0.25, -0.2) is 0 Å². The SMILES string of the molecule is C[C@H](N)c1ccc(Br)cc1OCCCC(=O)N(C)C. The number of rotatable bonds is 6. The molecule has 0 radical (unpaired) electrons. The molecule has 0 heterocycles. The van der Waals surface area contributed by atoms with Crippen LogP contribution in [0.25, 0.3) is 0 Å². The maximum absolute atomic E-state index is 11.4. The topological polar surface area (TPSA) is 55.6 Å². The standard InChI is InChI=1S/C14H21BrN2O2/c1-10(16)12-7-6-11(15)9-13(12)19-8-4-5-14(18)17(2)3/h6-7,9-10H,4-5,8,16H2,1-3H3/t10-/m0/s1. The van der Waals surface area contributed by atoms with Gasteiger partial charge in [-0.2, -0.15) is 0 Å². The number of carbonyl (C=O) groups excluding carboxylic acids is 1. The molecule has 0 bridgehead atoms. The lowest BCUT2D eigenvalue weighted by Gasteiger charge is -2.15. The molecule has 1 amide bonds. The molecule has 5 heteroatoms. The number of ether oxygens (including phenoxy) is 1. The van der Waals surface area contributed by atoms with Crippen LogP contribution in [0.2, 0.25) is 0 Å². The second-order valence-corrected chi connectivity index (χ2v) is 5.63. The van der Waals surface area contributed by atoms with E-state index in [0.717, 1.165) is 15.8 Å². The Bertz CT molecular complexity index is 433. The number of nitrogens with two attached hydrogens (primary N) is 1. The fraction of sp³-hybridized carbons (Fsp3) is 0.500. The van der Waals surface area contributed by atoms with Crippen LogP contribution in [0.5, 0.6) is 5.75 Å². The first-order chi connectivity index (χ1) is 8.91. The zero-order valence-electron chi connectivity index (χ0n) is 11.6. The molecular formula is C14H21BrN2O2. The molecule has 19 heavy (non-hydrogen) atoms. The van der Waals surface area contributed by atoms with Crippen molar-refractivity contribution >= 4 is 21.8 Å². The Kier molecular flexibility index (Phi) is 6.31. The average molecular weight is 329 g/mol. The van der Waals surface area contributed by atoms with Gasteiger partial charge in [0, 0.05) is 36.6 Å². The minimum Gasteiger partial charge on any atom is -0.493 e. The van der Waals surface area contributed by atoms with Crippen LogP contribution in [0.4, 0.5) is 0 Å². The van der Waals surface area contributed by atoms with E-state index in [2.05, 4.69) is 15.9 Å². The minimum atomic E-state index is -0.0773. The van der Waals surface area contributed by atoms with Crippen LogP contribution >= 0.6 is 15.9 Å². The lowest BCUT2D eigenvalue weighted by molar-refractivity contribution is -0.128. The Labute approximate surface area is 123 Å². The number of benzene rings is 1. The molecule has 0 saturated heterocycles. The van der Waals surface area contributed by atoms with E-state index >= 15 is 0 Å². The molecule has 0 aromatic heterocycles. The van der Waals surface area contributed by atoms with Crippen LogP contribution in [0.15, 0.2) is 22.7 Å². The molecule has 0 aliphatic carbocycles. The summed E-state index contributed by atoms with van der Waals surface area (Å²) >= 11 is 3.42. The molecule has 0 unspecified atom stereocenters. The van der Waals surface area contributed by atoms with E-state index in [1.165, 1.54) is 0 Å². The van der Waals surface area contributed by atoms with E-state index in [4.69, 9.17) is 10.5 Å². The van der Waals surface area contributed by atoms with Crippen LogP contribution in [0.1, 0.15) is 31.4 Å². The van der Waals surface area contributed by atoms with Gasteiger partial charge in [0.05, 0.1) is 6.61 Å². The third-order valence-corrected chi connectivity index (χ3v) is 3.25. The molecule has 1 aromatic carbocycles. The molecule has 0 spiro atoms. The molecule has 2 N–H and O–H groups in total. The van der Waals surface area contributed by atoms with Crippen LogP contribution in [0.3, 0.4) is 0 Å². The average Bonchev–Trinajstić information content (AvgIpc) is 2.33. The van der Waals surface area contributed by atoms with Gasteiger partial charge in [-0.15, -0.1) is 0 Å². The summed E-state index contributed by atoms with van der Waals surface area (Å²) in [5, 5.41) is 0. The molecule has 4 nitrogen and oxygen atoms in total. The Morgan fingerprint density at radius 1 is 1.47 bits per heavy atom. The predicted molar refractivity (Wildman–Crippen MR) is 80.2 cm³/mol. The Balaban J connectivity index is 2.53. The highest BCUT2D eigenvalue weighted by molar-refractivity contribution is 9.10. The minimum absolute atomic E-state index is 0.0773. The second kappa shape index (κ2) is 7.50. The lowest BCUT2D eigenvalue weighted by Crippen LogP contribution is -2.21. The summed E-state index contributed by atoms with van der Waals surface area (Å²) in [5.74, 6) is 0.895. The number of hydrogen-bond acceptors (Lipinski definition) is 3. The fourth-order valence-corrected chi connectivity index (χ4v) is 1.98. The van der Waals surface area contributed by atoms with Crippen molar-refractivity contribution < 1.29 is 9.53 Å². The summed E-state index contributed by atoms with van der Waals surface area (Å²) in [6.45, 7) is 2.43. The van der Waals surface area contributed by atoms with Crippen LogP contribution in [-0.2, 0) is 4.79 Å². The largest absolute Gasteiger partial charge is 0.493 e. The van der Waals surface area contributed by atoms with E-state index in [1.807, 2.05) is 25.1 Å². The van der Waals surface area contributed by atoms with E-state index in [9.17, 15) is 4.79 Å². The normalized spacial score (nSPS) is 12.1. The number of halogens is 1. The Hall–Kier alpha value is -1.07. The third kappa shape index (κ3) is 5.20. The first kappa shape index (κ1) is 16.0. The van der Waals surface area contributed by atoms with Crippen LogP contribution < -0.4 is 10.5 Å². The molecule has 1 rings (SSSR count). The van der Waals surface area contributed by atoms with Crippen LogP contribution in [-0.4, -0.2) is 31.5 Å². The number of hydrogen-bond donors (Lipinski definition) is 1. The predicted octanol–water partition coefficient (Wildman–Crippen LogP) is 2.72. The van der Waals surface area contributed by atoms with E-state index in [-0.39, 0.29) is 11.9 Å². The monoisotopic (exact) mass is 328 g/mol. The first-order valence-corrected chi connectivity index (χ1v) is 7.09.